The van der Waals surface area contributed by atoms with E-state index in [9.17, 15) is 9.59 Å². The van der Waals surface area contributed by atoms with Gasteiger partial charge in [0.15, 0.2) is 0 Å². The average Bonchev–Trinajstić information content (AvgIpc) is 2.04. The zero-order valence-corrected chi connectivity index (χ0v) is 9.78. The lowest BCUT2D eigenvalue weighted by atomic mass is 9.94. The first kappa shape index (κ1) is 13.1. The molecule has 3 nitrogen and oxygen atoms in total. The molecule has 0 aromatic heterocycles. The molecule has 1 unspecified atom stereocenters. The largest absolute Gasteiger partial charge is 0.283 e. The van der Waals surface area contributed by atoms with Crippen LogP contribution in [0, 0.1) is 11.8 Å². The quantitative estimate of drug-likeness (QED) is 0.636. The Morgan fingerprint density at radius 1 is 1.21 bits per heavy atom. The Labute approximate surface area is 86.5 Å². The normalized spacial score (nSPS) is 13.1. The van der Waals surface area contributed by atoms with Gasteiger partial charge < -0.3 is 0 Å². The van der Waals surface area contributed by atoms with Crippen LogP contribution in [0.5, 0.6) is 0 Å². The highest BCUT2D eigenvalue weighted by Gasteiger charge is 2.19. The second-order valence-corrected chi connectivity index (χ2v) is 4.43. The highest BCUT2D eigenvalue weighted by molar-refractivity contribution is 5.86. The van der Waals surface area contributed by atoms with E-state index >= 15 is 0 Å². The van der Waals surface area contributed by atoms with E-state index in [1.54, 1.807) is 0 Å². The number of imide groups is 1. The zero-order valence-electron chi connectivity index (χ0n) is 9.78. The Hall–Kier alpha value is -0.860. The molecule has 3 heteroatoms. The summed E-state index contributed by atoms with van der Waals surface area (Å²) < 4.78 is 0. The molecular formula is C11H21NO2. The number of carbonyl (C=O) groups excluding carboxylic acids is 2. The molecule has 82 valence electrons. The number of hydrogen-bond donors (Lipinski definition) is 0. The number of nitrogens with zero attached hydrogens (tertiary/aromatic N) is 1. The maximum Gasteiger partial charge on any atom is 0.229 e. The molecule has 0 aliphatic heterocycles. The maximum atomic E-state index is 11.6. The summed E-state index contributed by atoms with van der Waals surface area (Å²) in [7, 11) is 0. The Morgan fingerprint density at radius 2 is 1.71 bits per heavy atom. The lowest BCUT2D eigenvalue weighted by Gasteiger charge is -2.22. The standard InChI is InChI=1S/C11H21NO2/c1-8(2)10(5)6-11(14)12(7-13)9(3)4/h7-10H,6H2,1-5H3. The lowest BCUT2D eigenvalue weighted by molar-refractivity contribution is -0.140. The zero-order chi connectivity index (χ0) is 11.3. The van der Waals surface area contributed by atoms with Crippen molar-refractivity contribution in [3.63, 3.8) is 0 Å². The van der Waals surface area contributed by atoms with E-state index in [2.05, 4.69) is 13.8 Å². The minimum atomic E-state index is -0.0730. The van der Waals surface area contributed by atoms with Gasteiger partial charge in [-0.3, -0.25) is 14.5 Å². The van der Waals surface area contributed by atoms with Crippen molar-refractivity contribution in [1.82, 2.24) is 4.90 Å². The van der Waals surface area contributed by atoms with Crippen molar-refractivity contribution in [2.24, 2.45) is 11.8 Å². The molecule has 0 fully saturated rings. The molecule has 0 aliphatic rings. The topological polar surface area (TPSA) is 37.4 Å². The average molecular weight is 199 g/mol. The third kappa shape index (κ3) is 3.90. The van der Waals surface area contributed by atoms with Crippen LogP contribution in [-0.2, 0) is 9.59 Å². The van der Waals surface area contributed by atoms with E-state index < -0.39 is 0 Å². The van der Waals surface area contributed by atoms with Gasteiger partial charge in [-0.15, -0.1) is 0 Å². The van der Waals surface area contributed by atoms with Crippen molar-refractivity contribution < 1.29 is 9.59 Å². The van der Waals surface area contributed by atoms with Crippen LogP contribution in [0.15, 0.2) is 0 Å². The van der Waals surface area contributed by atoms with Gasteiger partial charge >= 0.3 is 0 Å². The monoisotopic (exact) mass is 199 g/mol. The maximum absolute atomic E-state index is 11.6. The van der Waals surface area contributed by atoms with Gasteiger partial charge in [-0.05, 0) is 25.7 Å². The summed E-state index contributed by atoms with van der Waals surface area (Å²) in [6.07, 6.45) is 1.08. The summed E-state index contributed by atoms with van der Waals surface area (Å²) >= 11 is 0. The Kier molecular flexibility index (Phi) is 5.43. The molecule has 0 aromatic rings. The molecule has 0 rings (SSSR count). The van der Waals surface area contributed by atoms with Gasteiger partial charge in [-0.2, -0.15) is 0 Å². The lowest BCUT2D eigenvalue weighted by Crippen LogP contribution is -2.36. The van der Waals surface area contributed by atoms with Crippen molar-refractivity contribution in [2.45, 2.75) is 47.1 Å². The summed E-state index contributed by atoms with van der Waals surface area (Å²) in [5, 5.41) is 0. The number of hydrogen-bond acceptors (Lipinski definition) is 2. The van der Waals surface area contributed by atoms with Crippen molar-refractivity contribution in [2.75, 3.05) is 0 Å². The first-order chi connectivity index (χ1) is 6.40. The van der Waals surface area contributed by atoms with Gasteiger partial charge in [0.25, 0.3) is 0 Å². The molecule has 1 atom stereocenters. The van der Waals surface area contributed by atoms with E-state index in [1.807, 2.05) is 20.8 Å². The fourth-order valence-electron chi connectivity index (χ4n) is 1.09. The van der Waals surface area contributed by atoms with Crippen molar-refractivity contribution in [3.8, 4) is 0 Å². The molecule has 0 bridgehead atoms. The van der Waals surface area contributed by atoms with E-state index in [1.165, 1.54) is 4.90 Å². The Morgan fingerprint density at radius 3 is 2.00 bits per heavy atom. The van der Waals surface area contributed by atoms with E-state index in [0.29, 0.717) is 24.7 Å². The third-order valence-corrected chi connectivity index (χ3v) is 2.59. The molecule has 0 aliphatic carbocycles. The molecule has 0 radical (unpaired) electrons. The number of amides is 2. The van der Waals surface area contributed by atoms with Gasteiger partial charge in [0, 0.05) is 12.5 Å². The van der Waals surface area contributed by atoms with Crippen molar-refractivity contribution in [1.29, 1.82) is 0 Å². The second-order valence-electron chi connectivity index (χ2n) is 4.43. The van der Waals surface area contributed by atoms with Gasteiger partial charge in [0.05, 0.1) is 0 Å². The molecule has 0 saturated carbocycles. The number of rotatable bonds is 5. The summed E-state index contributed by atoms with van der Waals surface area (Å²) in [6, 6.07) is -0.0423. The van der Waals surface area contributed by atoms with Crippen LogP contribution < -0.4 is 0 Å². The summed E-state index contributed by atoms with van der Waals surface area (Å²) in [4.78, 5) is 23.5. The van der Waals surface area contributed by atoms with Gasteiger partial charge in [-0.1, -0.05) is 20.8 Å². The van der Waals surface area contributed by atoms with Crippen LogP contribution in [0.4, 0.5) is 0 Å². The van der Waals surface area contributed by atoms with E-state index in [4.69, 9.17) is 0 Å². The Bertz CT molecular complexity index is 199. The van der Waals surface area contributed by atoms with Crippen molar-refractivity contribution in [3.05, 3.63) is 0 Å². The van der Waals surface area contributed by atoms with Crippen LogP contribution in [0.1, 0.15) is 41.0 Å². The van der Waals surface area contributed by atoms with Crippen LogP contribution in [0.3, 0.4) is 0 Å². The molecule has 0 aromatic carbocycles. The van der Waals surface area contributed by atoms with Crippen LogP contribution >= 0.6 is 0 Å². The van der Waals surface area contributed by atoms with Crippen LogP contribution in [-0.4, -0.2) is 23.3 Å². The predicted molar refractivity (Wildman–Crippen MR) is 56.7 cm³/mol. The molecule has 14 heavy (non-hydrogen) atoms. The first-order valence-electron chi connectivity index (χ1n) is 5.16. The minimum absolute atomic E-state index is 0.0423. The molecule has 0 N–H and O–H groups in total. The van der Waals surface area contributed by atoms with Gasteiger partial charge in [-0.25, -0.2) is 0 Å². The Balaban J connectivity index is 4.25. The highest BCUT2D eigenvalue weighted by atomic mass is 16.2. The highest BCUT2D eigenvalue weighted by Crippen LogP contribution is 2.15. The number of carbonyl (C=O) groups is 2. The van der Waals surface area contributed by atoms with Gasteiger partial charge in [0.1, 0.15) is 0 Å². The molecule has 2 amide bonds. The first-order valence-corrected chi connectivity index (χ1v) is 5.16. The molecule has 0 saturated heterocycles. The summed E-state index contributed by atoms with van der Waals surface area (Å²) in [6.45, 7) is 9.88. The molecular weight excluding hydrogens is 178 g/mol. The van der Waals surface area contributed by atoms with E-state index in [0.717, 1.165) is 0 Å². The molecule has 0 spiro atoms. The SMILES string of the molecule is CC(C)C(C)CC(=O)N(C=O)C(C)C. The minimum Gasteiger partial charge on any atom is -0.283 e. The van der Waals surface area contributed by atoms with Crippen molar-refractivity contribution >= 4 is 12.3 Å². The fourth-order valence-corrected chi connectivity index (χ4v) is 1.09. The molecule has 0 heterocycles. The van der Waals surface area contributed by atoms with Crippen LogP contribution in [0.2, 0.25) is 0 Å². The third-order valence-electron chi connectivity index (χ3n) is 2.59. The predicted octanol–water partition coefficient (Wildman–Crippen LogP) is 2.06. The summed E-state index contributed by atoms with van der Waals surface area (Å²) in [5.74, 6) is 0.722. The van der Waals surface area contributed by atoms with E-state index in [-0.39, 0.29) is 11.9 Å². The van der Waals surface area contributed by atoms with Crippen LogP contribution in [0.25, 0.3) is 0 Å². The second kappa shape index (κ2) is 5.78. The smallest absolute Gasteiger partial charge is 0.229 e. The van der Waals surface area contributed by atoms with Gasteiger partial charge in [0.2, 0.25) is 12.3 Å². The fraction of sp³-hybridized carbons (Fsp3) is 0.818. The summed E-state index contributed by atoms with van der Waals surface area (Å²) in [5.41, 5.74) is 0.